The Balaban J connectivity index is 0.000000138. The summed E-state index contributed by atoms with van der Waals surface area (Å²) in [6.07, 6.45) is 5.81. The van der Waals surface area contributed by atoms with E-state index in [1.807, 2.05) is 24.7 Å². The molecule has 0 saturated heterocycles. The summed E-state index contributed by atoms with van der Waals surface area (Å²) in [7, 11) is 11.2. The van der Waals surface area contributed by atoms with Gasteiger partial charge in [0.15, 0.2) is 0 Å². The molecule has 0 aliphatic rings. The molecule has 2 nitrogen and oxygen atoms in total. The van der Waals surface area contributed by atoms with Gasteiger partial charge < -0.3 is 8.83 Å². The van der Waals surface area contributed by atoms with Crippen LogP contribution in [0.15, 0.2) is 131 Å². The number of hydrogen-bond acceptors (Lipinski definition) is 2. The van der Waals surface area contributed by atoms with E-state index in [1.54, 1.807) is 0 Å². The summed E-state index contributed by atoms with van der Waals surface area (Å²) < 4.78 is 11.7. The van der Waals surface area contributed by atoms with E-state index in [0.29, 0.717) is 0 Å². The molecule has 232 valence electrons. The van der Waals surface area contributed by atoms with E-state index < -0.39 is 18.0 Å². The third kappa shape index (κ3) is 6.92. The third-order valence-corrected chi connectivity index (χ3v) is 28.1. The van der Waals surface area contributed by atoms with Gasteiger partial charge in [0.05, 0.1) is 12.5 Å². The van der Waals surface area contributed by atoms with Gasteiger partial charge in [-0.25, -0.2) is 0 Å². The molecule has 0 N–H and O–H groups in total. The Morgan fingerprint density at radius 2 is 1.00 bits per heavy atom. The van der Waals surface area contributed by atoms with Crippen LogP contribution in [0, 0.1) is 0 Å². The van der Waals surface area contributed by atoms with Crippen molar-refractivity contribution in [3.63, 3.8) is 0 Å². The van der Waals surface area contributed by atoms with Crippen LogP contribution in [-0.4, -0.2) is 5.43 Å². The van der Waals surface area contributed by atoms with Gasteiger partial charge in [-0.2, -0.15) is 12.1 Å². The summed E-state index contributed by atoms with van der Waals surface area (Å²) in [5.41, 5.74) is 4.90. The molecule has 0 aliphatic carbocycles. The number of fused-ring (bicyclic) bond motifs is 4. The fourth-order valence-corrected chi connectivity index (χ4v) is 5.80. The second-order valence-electron chi connectivity index (χ2n) is 11.6. The summed E-state index contributed by atoms with van der Waals surface area (Å²) in [5, 5.41) is 9.82. The Morgan fingerprint density at radius 3 is 1.39 bits per heavy atom. The maximum atomic E-state index is 5.85. The fraction of sp³-hybridized carbons (Fsp3) is 0.150. The van der Waals surface area contributed by atoms with Gasteiger partial charge in [0.2, 0.25) is 0 Å². The molecule has 0 saturated carbocycles. The van der Waals surface area contributed by atoms with Crippen molar-refractivity contribution in [2.24, 2.45) is 0 Å². The van der Waals surface area contributed by atoms with Gasteiger partial charge in [0.1, 0.15) is 11.5 Å². The molecule has 0 atom stereocenters. The van der Waals surface area contributed by atoms with Gasteiger partial charge in [0.25, 0.3) is 0 Å². The molecular weight excluding hydrogens is 703 g/mol. The van der Waals surface area contributed by atoms with Crippen molar-refractivity contribution in [2.45, 2.75) is 39.8 Å². The molecule has 0 aliphatic heterocycles. The van der Waals surface area contributed by atoms with Crippen molar-refractivity contribution in [1.29, 1.82) is 0 Å². The van der Waals surface area contributed by atoms with Crippen LogP contribution in [-0.2, 0) is 30.8 Å². The second kappa shape index (κ2) is 14.7. The first-order valence-electron chi connectivity index (χ1n) is 15.7. The summed E-state index contributed by atoms with van der Waals surface area (Å²) in [5.74, 6) is 1.94. The van der Waals surface area contributed by atoms with Crippen LogP contribution in [0.1, 0.15) is 25.0 Å². The summed E-state index contributed by atoms with van der Waals surface area (Å²) >= 11 is -1.65. The monoisotopic (exact) mass is 736 g/mol. The molecule has 0 spiro atoms. The Labute approximate surface area is 285 Å². The molecule has 0 amide bonds. The Morgan fingerprint density at radius 1 is 0.587 bits per heavy atom. The molecule has 0 fully saturated rings. The zero-order chi connectivity index (χ0) is 32.2. The third-order valence-electron chi connectivity index (χ3n) is 8.32. The summed E-state index contributed by atoms with van der Waals surface area (Å²) in [6.45, 7) is 8.71. The van der Waals surface area contributed by atoms with E-state index in [-0.39, 0.29) is 5.43 Å². The van der Waals surface area contributed by atoms with E-state index >= 15 is 0 Å². The Kier molecular flexibility index (Phi) is 10.5. The number of benzene rings is 4. The van der Waals surface area contributed by atoms with Crippen LogP contribution >= 0.6 is 17.0 Å². The minimum absolute atomic E-state index is 0.224. The average Bonchev–Trinajstić information content (AvgIpc) is 3.88. The van der Waals surface area contributed by atoms with Crippen molar-refractivity contribution in [1.82, 2.24) is 0 Å². The van der Waals surface area contributed by atoms with Gasteiger partial charge in [-0.1, -0.05) is 74.5 Å². The van der Waals surface area contributed by atoms with E-state index in [2.05, 4.69) is 124 Å². The van der Waals surface area contributed by atoms with Crippen LogP contribution < -0.4 is 0 Å². The minimum atomic E-state index is -1.65. The summed E-state index contributed by atoms with van der Waals surface area (Å²) in [4.78, 5) is 0. The van der Waals surface area contributed by atoms with Crippen LogP contribution in [0.4, 0.5) is 0 Å². The predicted octanol–water partition coefficient (Wildman–Crippen LogP) is 13.2. The van der Waals surface area contributed by atoms with Crippen molar-refractivity contribution in [2.75, 3.05) is 0 Å². The Hall–Kier alpha value is -3.14. The molecule has 8 aromatic rings. The topological polar surface area (TPSA) is 26.3 Å². The van der Waals surface area contributed by atoms with Gasteiger partial charge in [-0.3, -0.25) is 0 Å². The molecule has 8 rings (SSSR count). The zero-order valence-corrected chi connectivity index (χ0v) is 31.5. The molecule has 46 heavy (non-hydrogen) atoms. The summed E-state index contributed by atoms with van der Waals surface area (Å²) in [6, 6.07) is 38.6. The molecule has 0 radical (unpaired) electrons. The van der Waals surface area contributed by atoms with E-state index in [1.165, 1.54) is 54.6 Å². The predicted molar refractivity (Wildman–Crippen MR) is 197 cm³/mol. The molecule has 6 heteroatoms. The molecule has 2 heterocycles. The number of furan rings is 2. The first kappa shape index (κ1) is 32.8. The van der Waals surface area contributed by atoms with E-state index in [0.717, 1.165) is 35.1 Å². The van der Waals surface area contributed by atoms with Crippen LogP contribution in [0.2, 0.25) is 13.1 Å². The SMILES string of the molecule is CCc1cc2c(-c3occ4ccccc34)cccc2[cH-]1.CCc1cc2c(-c3occ4ccccc34)cccc2[cH-]1.C[Si](C)=[Zr]([Cl])[Cl]. The average molecular weight is 739 g/mol. The van der Waals surface area contributed by atoms with Crippen molar-refractivity contribution in [3.8, 4) is 22.6 Å². The first-order valence-corrected chi connectivity index (χ1v) is 28.2. The molecule has 2 aromatic heterocycles. The van der Waals surface area contributed by atoms with E-state index in [4.69, 9.17) is 25.9 Å². The molecular formula is C40H36Cl2O2SiZr-2. The van der Waals surface area contributed by atoms with Crippen LogP contribution in [0.5, 0.6) is 0 Å². The normalized spacial score (nSPS) is 11.0. The second-order valence-corrected chi connectivity index (χ2v) is 34.6. The number of halogens is 2. The van der Waals surface area contributed by atoms with Gasteiger partial charge >= 0.3 is 53.5 Å². The van der Waals surface area contributed by atoms with Crippen molar-refractivity contribution < 1.29 is 26.8 Å². The molecule has 0 bridgehead atoms. The maximum absolute atomic E-state index is 5.85. The molecule has 6 aromatic carbocycles. The Bertz CT molecular complexity index is 2130. The van der Waals surface area contributed by atoms with Gasteiger partial charge in [-0.05, 0) is 24.0 Å². The first-order chi connectivity index (χ1) is 22.4. The quantitative estimate of drug-likeness (QED) is 0.133. The number of hydrogen-bond donors (Lipinski definition) is 0. The van der Waals surface area contributed by atoms with Crippen LogP contribution in [0.25, 0.3) is 65.7 Å². The van der Waals surface area contributed by atoms with Crippen molar-refractivity contribution in [3.05, 3.63) is 133 Å². The van der Waals surface area contributed by atoms with Crippen molar-refractivity contribution >= 4 is 65.5 Å². The number of rotatable bonds is 4. The number of aryl methyl sites for hydroxylation is 2. The van der Waals surface area contributed by atoms with Crippen LogP contribution in [0.3, 0.4) is 0 Å². The van der Waals surface area contributed by atoms with Gasteiger partial charge in [-0.15, -0.1) is 69.1 Å². The standard InChI is InChI=1S/2C19H15O.C2H6Si.2ClH.Zr/c2*1-2-13-10-14-7-5-9-17(18(14)11-13)19-16-8-4-3-6-15(16)12-20-19;1-3-2;;;/h2*3-12H,2H2,1H3;1-2H3;2*1H;/q2*-1;;;;+2/p-2. The fourth-order valence-electron chi connectivity index (χ4n) is 5.80. The zero-order valence-electron chi connectivity index (χ0n) is 26.5. The van der Waals surface area contributed by atoms with E-state index in [9.17, 15) is 0 Å². The molecule has 0 unspecified atom stereocenters. The van der Waals surface area contributed by atoms with Gasteiger partial charge in [0, 0.05) is 21.5 Å².